The van der Waals surface area contributed by atoms with Gasteiger partial charge in [-0.15, -0.1) is 0 Å². The van der Waals surface area contributed by atoms with Gasteiger partial charge < -0.3 is 15.5 Å². The van der Waals surface area contributed by atoms with Gasteiger partial charge in [0.25, 0.3) is 0 Å². The zero-order valence-electron chi connectivity index (χ0n) is 19.6. The van der Waals surface area contributed by atoms with E-state index in [0.29, 0.717) is 25.0 Å². The Labute approximate surface area is 183 Å². The summed E-state index contributed by atoms with van der Waals surface area (Å²) in [5, 5.41) is 6.73. The molecule has 6 nitrogen and oxygen atoms in total. The molecule has 0 saturated heterocycles. The summed E-state index contributed by atoms with van der Waals surface area (Å²) < 4.78 is 0. The molecule has 0 unspecified atom stereocenters. The van der Waals surface area contributed by atoms with E-state index in [0.717, 1.165) is 51.5 Å². The molecule has 6 heteroatoms. The van der Waals surface area contributed by atoms with Crippen molar-refractivity contribution in [1.82, 2.24) is 20.4 Å². The smallest absolute Gasteiger partial charge is 0.223 e. The van der Waals surface area contributed by atoms with E-state index >= 15 is 0 Å². The van der Waals surface area contributed by atoms with E-state index in [-0.39, 0.29) is 5.91 Å². The summed E-state index contributed by atoms with van der Waals surface area (Å²) in [5.74, 6) is 1.07. The van der Waals surface area contributed by atoms with Crippen LogP contribution >= 0.6 is 0 Å². The molecule has 168 valence electrons. The summed E-state index contributed by atoms with van der Waals surface area (Å²) in [4.78, 5) is 21.6. The van der Waals surface area contributed by atoms with Crippen molar-refractivity contribution >= 4 is 11.9 Å². The van der Waals surface area contributed by atoms with Crippen LogP contribution in [0, 0.1) is 0 Å². The molecule has 0 bridgehead atoms. The molecule has 1 aromatic carbocycles. The summed E-state index contributed by atoms with van der Waals surface area (Å²) in [6, 6.07) is 9.44. The third-order valence-electron chi connectivity index (χ3n) is 5.57. The van der Waals surface area contributed by atoms with Crippen molar-refractivity contribution in [1.29, 1.82) is 0 Å². The zero-order valence-corrected chi connectivity index (χ0v) is 19.6. The average molecular weight is 416 g/mol. The van der Waals surface area contributed by atoms with Crippen LogP contribution in [0.5, 0.6) is 0 Å². The first-order valence-electron chi connectivity index (χ1n) is 11.5. The highest BCUT2D eigenvalue weighted by atomic mass is 16.2. The molecule has 1 heterocycles. The SMILES string of the molecule is CCNC(=NCCCC(=O)N1Cc2ccccc2C1)NCCCN(C(C)C)C(C)C. The molecule has 1 amide bonds. The number of guanidine groups is 1. The highest BCUT2D eigenvalue weighted by molar-refractivity contribution is 5.80. The van der Waals surface area contributed by atoms with Crippen LogP contribution in [0.4, 0.5) is 0 Å². The van der Waals surface area contributed by atoms with Crippen molar-refractivity contribution < 1.29 is 4.79 Å². The third-order valence-corrected chi connectivity index (χ3v) is 5.57. The highest BCUT2D eigenvalue weighted by Gasteiger charge is 2.22. The number of rotatable bonds is 11. The normalized spacial score (nSPS) is 14.0. The van der Waals surface area contributed by atoms with Gasteiger partial charge >= 0.3 is 0 Å². The van der Waals surface area contributed by atoms with Gasteiger partial charge in [0, 0.05) is 57.8 Å². The molecule has 1 aromatic rings. The highest BCUT2D eigenvalue weighted by Crippen LogP contribution is 2.22. The molecule has 2 N–H and O–H groups in total. The molecule has 1 aliphatic rings. The number of carbonyl (C=O) groups excluding carboxylic acids is 1. The molecule has 2 rings (SSSR count). The van der Waals surface area contributed by atoms with Crippen molar-refractivity contribution in [2.75, 3.05) is 26.2 Å². The molecule has 0 aliphatic carbocycles. The second-order valence-electron chi connectivity index (χ2n) is 8.59. The summed E-state index contributed by atoms with van der Waals surface area (Å²) in [6.07, 6.45) is 2.40. The topological polar surface area (TPSA) is 60.0 Å². The number of fused-ring (bicyclic) bond motifs is 1. The quantitative estimate of drug-likeness (QED) is 0.330. The van der Waals surface area contributed by atoms with E-state index in [9.17, 15) is 4.79 Å². The second-order valence-corrected chi connectivity index (χ2v) is 8.59. The molecule has 30 heavy (non-hydrogen) atoms. The zero-order chi connectivity index (χ0) is 21.9. The number of hydrogen-bond acceptors (Lipinski definition) is 3. The third kappa shape index (κ3) is 7.63. The lowest BCUT2D eigenvalue weighted by atomic mass is 10.1. The second kappa shape index (κ2) is 12.6. The fourth-order valence-corrected chi connectivity index (χ4v) is 4.01. The van der Waals surface area contributed by atoms with Crippen molar-refractivity contribution in [3.63, 3.8) is 0 Å². The van der Waals surface area contributed by atoms with Gasteiger partial charge in [-0.25, -0.2) is 0 Å². The Morgan fingerprint density at radius 3 is 2.27 bits per heavy atom. The molecule has 0 fully saturated rings. The van der Waals surface area contributed by atoms with Gasteiger partial charge in [0.05, 0.1) is 0 Å². The van der Waals surface area contributed by atoms with Gasteiger partial charge in [0.2, 0.25) is 5.91 Å². The van der Waals surface area contributed by atoms with E-state index < -0.39 is 0 Å². The first kappa shape index (κ1) is 24.2. The Morgan fingerprint density at radius 1 is 1.07 bits per heavy atom. The van der Waals surface area contributed by atoms with Gasteiger partial charge in [-0.1, -0.05) is 24.3 Å². The van der Waals surface area contributed by atoms with Crippen LogP contribution < -0.4 is 10.6 Å². The first-order chi connectivity index (χ1) is 14.4. The summed E-state index contributed by atoms with van der Waals surface area (Å²) in [6.45, 7) is 16.0. The van der Waals surface area contributed by atoms with Crippen molar-refractivity contribution in [3.05, 3.63) is 35.4 Å². The lowest BCUT2D eigenvalue weighted by Crippen LogP contribution is -2.41. The van der Waals surface area contributed by atoms with Gasteiger partial charge in [-0.3, -0.25) is 14.7 Å². The minimum Gasteiger partial charge on any atom is -0.357 e. The lowest BCUT2D eigenvalue weighted by molar-refractivity contribution is -0.131. The maximum absolute atomic E-state index is 12.5. The monoisotopic (exact) mass is 415 g/mol. The van der Waals surface area contributed by atoms with Gasteiger partial charge in [0.15, 0.2) is 5.96 Å². The van der Waals surface area contributed by atoms with E-state index in [1.165, 1.54) is 11.1 Å². The molecular formula is C24H41N5O. The Kier molecular flexibility index (Phi) is 10.1. The minimum absolute atomic E-state index is 0.224. The summed E-state index contributed by atoms with van der Waals surface area (Å²) >= 11 is 0. The van der Waals surface area contributed by atoms with Crippen LogP contribution in [0.3, 0.4) is 0 Å². The lowest BCUT2D eigenvalue weighted by Gasteiger charge is -2.30. The molecule has 0 spiro atoms. The largest absolute Gasteiger partial charge is 0.357 e. The number of hydrogen-bond donors (Lipinski definition) is 2. The minimum atomic E-state index is 0.224. The standard InChI is InChI=1S/C24H41N5O/c1-6-25-24(27-15-10-16-29(19(2)3)20(4)5)26-14-9-13-23(30)28-17-21-11-7-8-12-22(21)18-28/h7-8,11-12,19-20H,6,9-10,13-18H2,1-5H3,(H2,25,26,27). The van der Waals surface area contributed by atoms with E-state index in [1.807, 2.05) is 17.0 Å². The van der Waals surface area contributed by atoms with E-state index in [1.54, 1.807) is 0 Å². The number of nitrogens with one attached hydrogen (secondary N) is 2. The average Bonchev–Trinajstić information content (AvgIpc) is 3.14. The first-order valence-corrected chi connectivity index (χ1v) is 11.5. The van der Waals surface area contributed by atoms with Crippen LogP contribution in [0.2, 0.25) is 0 Å². The Hall–Kier alpha value is -2.08. The van der Waals surface area contributed by atoms with Crippen LogP contribution in [0.15, 0.2) is 29.3 Å². The van der Waals surface area contributed by atoms with Crippen molar-refractivity contribution in [3.8, 4) is 0 Å². The van der Waals surface area contributed by atoms with Crippen LogP contribution in [-0.4, -0.2) is 59.9 Å². The summed E-state index contributed by atoms with van der Waals surface area (Å²) in [5.41, 5.74) is 2.55. The predicted octanol–water partition coefficient (Wildman–Crippen LogP) is 3.37. The number of amides is 1. The van der Waals surface area contributed by atoms with Crippen molar-refractivity contribution in [2.24, 2.45) is 4.99 Å². The molecule has 0 aromatic heterocycles. The Bertz CT molecular complexity index is 653. The number of nitrogens with zero attached hydrogens (tertiary/aromatic N) is 3. The molecule has 0 atom stereocenters. The van der Waals surface area contributed by atoms with E-state index in [4.69, 9.17) is 0 Å². The maximum atomic E-state index is 12.5. The Morgan fingerprint density at radius 2 is 1.70 bits per heavy atom. The fourth-order valence-electron chi connectivity index (χ4n) is 4.01. The maximum Gasteiger partial charge on any atom is 0.223 e. The fraction of sp³-hybridized carbons (Fsp3) is 0.667. The summed E-state index contributed by atoms with van der Waals surface area (Å²) in [7, 11) is 0. The molecular weight excluding hydrogens is 374 g/mol. The number of aliphatic imine (C=N–C) groups is 1. The van der Waals surface area contributed by atoms with Gasteiger partial charge in [0.1, 0.15) is 0 Å². The molecule has 1 aliphatic heterocycles. The molecule has 0 saturated carbocycles. The van der Waals surface area contributed by atoms with E-state index in [2.05, 4.69) is 67.3 Å². The van der Waals surface area contributed by atoms with Crippen LogP contribution in [0.25, 0.3) is 0 Å². The Balaban J connectivity index is 1.68. The number of carbonyl (C=O) groups is 1. The molecule has 0 radical (unpaired) electrons. The predicted molar refractivity (Wildman–Crippen MR) is 126 cm³/mol. The van der Waals surface area contributed by atoms with Crippen molar-refractivity contribution in [2.45, 2.75) is 79.1 Å². The van der Waals surface area contributed by atoms with Gasteiger partial charge in [-0.05, 0) is 58.6 Å². The van der Waals surface area contributed by atoms with Crippen LogP contribution in [0.1, 0.15) is 65.0 Å². The number of benzene rings is 1. The van der Waals surface area contributed by atoms with Crippen LogP contribution in [-0.2, 0) is 17.9 Å². The van der Waals surface area contributed by atoms with Gasteiger partial charge in [-0.2, -0.15) is 0 Å².